The van der Waals surface area contributed by atoms with Crippen molar-refractivity contribution in [3.63, 3.8) is 0 Å². The van der Waals surface area contributed by atoms with Crippen LogP contribution in [-0.2, 0) is 5.75 Å². The average molecular weight is 311 g/mol. The highest BCUT2D eigenvalue weighted by atomic mass is 32.2. The van der Waals surface area contributed by atoms with E-state index in [9.17, 15) is 10.1 Å². The fraction of sp³-hybridized carbons (Fsp3) is 0.125. The molecule has 0 atom stereocenters. The predicted octanol–water partition coefficient (Wildman–Crippen LogP) is 4.14. The Labute approximate surface area is 131 Å². The smallest absolute Gasteiger partial charge is 0.258 e. The van der Waals surface area contributed by atoms with Crippen LogP contribution in [0.3, 0.4) is 0 Å². The zero-order chi connectivity index (χ0) is 15.5. The maximum Gasteiger partial charge on any atom is 0.273 e. The van der Waals surface area contributed by atoms with Crippen LogP contribution in [0.5, 0.6) is 0 Å². The monoisotopic (exact) mass is 311 g/mol. The normalized spacial score (nSPS) is 10.8. The maximum atomic E-state index is 11.1. The number of hydrogen-bond acceptors (Lipinski definition) is 5. The van der Waals surface area contributed by atoms with Crippen LogP contribution in [0.1, 0.15) is 11.4 Å². The van der Waals surface area contributed by atoms with Gasteiger partial charge in [-0.2, -0.15) is 0 Å². The summed E-state index contributed by atoms with van der Waals surface area (Å²) in [6.45, 7) is 1.85. The van der Waals surface area contributed by atoms with E-state index in [1.807, 2.05) is 37.3 Å². The van der Waals surface area contributed by atoms with Gasteiger partial charge >= 0.3 is 0 Å². The molecule has 0 saturated carbocycles. The van der Waals surface area contributed by atoms with Gasteiger partial charge in [-0.1, -0.05) is 36.4 Å². The van der Waals surface area contributed by atoms with E-state index in [4.69, 9.17) is 0 Å². The molecule has 0 fully saturated rings. The van der Waals surface area contributed by atoms with E-state index in [1.165, 1.54) is 17.8 Å². The van der Waals surface area contributed by atoms with Crippen LogP contribution in [0.15, 0.2) is 53.6 Å². The van der Waals surface area contributed by atoms with Gasteiger partial charge < -0.3 is 0 Å². The molecule has 5 nitrogen and oxygen atoms in total. The molecule has 0 aliphatic heterocycles. The molecule has 22 heavy (non-hydrogen) atoms. The molecule has 0 saturated heterocycles. The molecule has 1 heterocycles. The van der Waals surface area contributed by atoms with Crippen molar-refractivity contribution in [3.8, 4) is 0 Å². The van der Waals surface area contributed by atoms with Gasteiger partial charge in [-0.05, 0) is 13.0 Å². The van der Waals surface area contributed by atoms with Crippen LogP contribution < -0.4 is 0 Å². The number of aryl methyl sites for hydroxylation is 1. The molecule has 2 aromatic carbocycles. The number of rotatable bonds is 4. The molecule has 0 unspecified atom stereocenters. The molecule has 0 aliphatic rings. The molecule has 0 amide bonds. The average Bonchev–Trinajstić information content (AvgIpc) is 2.52. The molecule has 0 N–H and O–H groups in total. The fourth-order valence-electron chi connectivity index (χ4n) is 2.23. The maximum absolute atomic E-state index is 11.1. The lowest BCUT2D eigenvalue weighted by atomic mass is 10.2. The molecule has 3 rings (SSSR count). The Balaban J connectivity index is 1.93. The highest BCUT2D eigenvalue weighted by Crippen LogP contribution is 2.30. The van der Waals surface area contributed by atoms with Crippen molar-refractivity contribution in [2.75, 3.05) is 0 Å². The number of thioether (sulfide) groups is 1. The third kappa shape index (κ3) is 2.92. The van der Waals surface area contributed by atoms with Crippen molar-refractivity contribution in [1.82, 2.24) is 9.97 Å². The summed E-state index contributed by atoms with van der Waals surface area (Å²) in [6.07, 6.45) is 0. The quantitative estimate of drug-likeness (QED) is 0.313. The third-order valence-corrected chi connectivity index (χ3v) is 4.27. The minimum Gasteiger partial charge on any atom is -0.258 e. The second-order valence-electron chi connectivity index (χ2n) is 4.77. The molecule has 0 bridgehead atoms. The van der Waals surface area contributed by atoms with E-state index in [0.29, 0.717) is 17.1 Å². The largest absolute Gasteiger partial charge is 0.273 e. The summed E-state index contributed by atoms with van der Waals surface area (Å²) in [7, 11) is 0. The van der Waals surface area contributed by atoms with E-state index in [0.717, 1.165) is 15.9 Å². The zero-order valence-electron chi connectivity index (χ0n) is 11.9. The summed E-state index contributed by atoms with van der Waals surface area (Å²) in [5.41, 5.74) is 1.72. The molecule has 0 aliphatic carbocycles. The first-order chi connectivity index (χ1) is 10.6. The van der Waals surface area contributed by atoms with Crippen LogP contribution in [0.2, 0.25) is 0 Å². The van der Waals surface area contributed by atoms with Crippen LogP contribution in [-0.4, -0.2) is 14.9 Å². The topological polar surface area (TPSA) is 68.9 Å². The van der Waals surface area contributed by atoms with E-state index in [2.05, 4.69) is 9.97 Å². The lowest BCUT2D eigenvalue weighted by molar-refractivity contribution is -0.385. The van der Waals surface area contributed by atoms with E-state index >= 15 is 0 Å². The number of benzene rings is 2. The Morgan fingerprint density at radius 3 is 2.64 bits per heavy atom. The Kier molecular flexibility index (Phi) is 4.02. The zero-order valence-corrected chi connectivity index (χ0v) is 12.7. The molecule has 0 radical (unpaired) electrons. The molecular formula is C16H13N3O2S. The molecule has 0 spiro atoms. The number of nitro benzene ring substituents is 1. The van der Waals surface area contributed by atoms with Crippen LogP contribution in [0.4, 0.5) is 5.69 Å². The standard InChI is InChI=1S/C16H13N3O2S/c1-11-17-14-8-4-3-7-13(14)16(18-11)22-10-12-6-2-5-9-15(12)19(20)21/h2-9H,10H2,1H3. The molecule has 6 heteroatoms. The Bertz CT molecular complexity index is 852. The summed E-state index contributed by atoms with van der Waals surface area (Å²) >= 11 is 1.49. The van der Waals surface area contributed by atoms with Gasteiger partial charge in [0.15, 0.2) is 0 Å². The van der Waals surface area contributed by atoms with Crippen LogP contribution in [0, 0.1) is 17.0 Å². The van der Waals surface area contributed by atoms with Crippen molar-refractivity contribution in [2.24, 2.45) is 0 Å². The SMILES string of the molecule is Cc1nc(SCc2ccccc2[N+](=O)[O-])c2ccccc2n1. The van der Waals surface area contributed by atoms with Crippen molar-refractivity contribution in [1.29, 1.82) is 0 Å². The first-order valence-corrected chi connectivity index (χ1v) is 7.72. The number of hydrogen-bond donors (Lipinski definition) is 0. The second-order valence-corrected chi connectivity index (χ2v) is 5.73. The van der Waals surface area contributed by atoms with E-state index < -0.39 is 0 Å². The lowest BCUT2D eigenvalue weighted by Crippen LogP contribution is -1.95. The number of nitro groups is 1. The van der Waals surface area contributed by atoms with Gasteiger partial charge in [0.05, 0.1) is 10.4 Å². The number of para-hydroxylation sites is 2. The fourth-order valence-corrected chi connectivity index (χ4v) is 3.29. The van der Waals surface area contributed by atoms with E-state index in [1.54, 1.807) is 12.1 Å². The van der Waals surface area contributed by atoms with Gasteiger partial charge in [0.25, 0.3) is 5.69 Å². The van der Waals surface area contributed by atoms with Gasteiger partial charge in [-0.25, -0.2) is 9.97 Å². The first kappa shape index (κ1) is 14.5. The van der Waals surface area contributed by atoms with Crippen LogP contribution in [0.25, 0.3) is 10.9 Å². The molecule has 1 aromatic heterocycles. The van der Waals surface area contributed by atoms with Crippen molar-refractivity contribution < 1.29 is 4.92 Å². The Hall–Kier alpha value is -2.47. The Morgan fingerprint density at radius 2 is 1.82 bits per heavy atom. The summed E-state index contributed by atoms with van der Waals surface area (Å²) in [5.74, 6) is 1.20. The van der Waals surface area contributed by atoms with Crippen molar-refractivity contribution in [3.05, 3.63) is 70.0 Å². The number of nitrogens with zero attached hydrogens (tertiary/aromatic N) is 3. The second kappa shape index (κ2) is 6.11. The minimum absolute atomic E-state index is 0.144. The van der Waals surface area contributed by atoms with E-state index in [-0.39, 0.29) is 10.6 Å². The highest BCUT2D eigenvalue weighted by Gasteiger charge is 2.14. The van der Waals surface area contributed by atoms with Gasteiger partial charge in [-0.15, -0.1) is 11.8 Å². The van der Waals surface area contributed by atoms with Crippen molar-refractivity contribution in [2.45, 2.75) is 17.7 Å². The third-order valence-electron chi connectivity index (χ3n) is 3.23. The van der Waals surface area contributed by atoms with Crippen molar-refractivity contribution >= 4 is 28.4 Å². The minimum atomic E-state index is -0.348. The van der Waals surface area contributed by atoms with Gasteiger partial charge in [0.1, 0.15) is 10.9 Å². The summed E-state index contributed by atoms with van der Waals surface area (Å²) < 4.78 is 0. The summed E-state index contributed by atoms with van der Waals surface area (Å²) in [4.78, 5) is 19.6. The first-order valence-electron chi connectivity index (χ1n) is 6.73. The van der Waals surface area contributed by atoms with Gasteiger partial charge in [0.2, 0.25) is 0 Å². The van der Waals surface area contributed by atoms with Crippen LogP contribution >= 0.6 is 11.8 Å². The molecular weight excluding hydrogens is 298 g/mol. The van der Waals surface area contributed by atoms with Gasteiger partial charge in [0, 0.05) is 22.8 Å². The summed E-state index contributed by atoms with van der Waals surface area (Å²) in [5, 5.41) is 12.9. The highest BCUT2D eigenvalue weighted by molar-refractivity contribution is 7.98. The summed E-state index contributed by atoms with van der Waals surface area (Å²) in [6, 6.07) is 14.6. The number of fused-ring (bicyclic) bond motifs is 1. The Morgan fingerprint density at radius 1 is 1.09 bits per heavy atom. The predicted molar refractivity (Wildman–Crippen MR) is 86.9 cm³/mol. The van der Waals surface area contributed by atoms with Gasteiger partial charge in [-0.3, -0.25) is 10.1 Å². The lowest BCUT2D eigenvalue weighted by Gasteiger charge is -2.07. The molecule has 3 aromatic rings. The molecule has 110 valence electrons. The number of aromatic nitrogens is 2.